The predicted octanol–water partition coefficient (Wildman–Crippen LogP) is 2.35. The van der Waals surface area contributed by atoms with Gasteiger partial charge in [-0.2, -0.15) is 0 Å². The lowest BCUT2D eigenvalue weighted by molar-refractivity contribution is 0.977. The van der Waals surface area contributed by atoms with Crippen LogP contribution in [0.4, 0.5) is 0 Å². The van der Waals surface area contributed by atoms with E-state index in [2.05, 4.69) is 24.0 Å². The second-order valence-electron chi connectivity index (χ2n) is 2.25. The zero-order valence-electron chi connectivity index (χ0n) is 6.29. The van der Waals surface area contributed by atoms with Gasteiger partial charge in [0.2, 0.25) is 0 Å². The smallest absolute Gasteiger partial charge is 0.143 e. The van der Waals surface area contributed by atoms with Crippen LogP contribution in [-0.4, -0.2) is 15.4 Å². The molecule has 0 fully saturated rings. The maximum absolute atomic E-state index is 3.99. The molecule has 1 heterocycles. The minimum atomic E-state index is 0.604. The van der Waals surface area contributed by atoms with Gasteiger partial charge in [-0.3, -0.25) is 0 Å². The summed E-state index contributed by atoms with van der Waals surface area (Å²) in [5.41, 5.74) is 0. The molecule has 1 aromatic heterocycles. The quantitative estimate of drug-likeness (QED) is 0.644. The Bertz CT molecular complexity index is 207. The minimum Gasteiger partial charge on any atom is -0.143 e. The Kier molecular flexibility index (Phi) is 2.68. The van der Waals surface area contributed by atoms with Crippen LogP contribution in [0.3, 0.4) is 0 Å². The van der Waals surface area contributed by atoms with Crippen molar-refractivity contribution in [2.45, 2.75) is 30.4 Å². The number of nitrogens with zero attached hydrogens (tertiary/aromatic N) is 2. The summed E-state index contributed by atoms with van der Waals surface area (Å²) in [6.45, 7) is 6.28. The third kappa shape index (κ3) is 2.27. The third-order valence-electron chi connectivity index (χ3n) is 0.844. The van der Waals surface area contributed by atoms with E-state index in [1.54, 1.807) is 23.1 Å². The molecule has 0 radical (unpaired) electrons. The van der Waals surface area contributed by atoms with Crippen molar-refractivity contribution in [1.82, 2.24) is 10.2 Å². The molecule has 4 heteroatoms. The number of aryl methyl sites for hydroxylation is 1. The Morgan fingerprint density at radius 1 is 1.40 bits per heavy atom. The van der Waals surface area contributed by atoms with E-state index in [-0.39, 0.29) is 0 Å². The van der Waals surface area contributed by atoms with E-state index in [1.165, 1.54) is 0 Å². The highest BCUT2D eigenvalue weighted by atomic mass is 32.2. The van der Waals surface area contributed by atoms with Gasteiger partial charge in [0.05, 0.1) is 0 Å². The lowest BCUT2D eigenvalue weighted by Crippen LogP contribution is -1.84. The monoisotopic (exact) mass is 174 g/mol. The zero-order chi connectivity index (χ0) is 7.56. The average Bonchev–Trinajstić information content (AvgIpc) is 2.13. The van der Waals surface area contributed by atoms with Crippen LogP contribution in [0.25, 0.3) is 0 Å². The molecule has 0 spiro atoms. The highest BCUT2D eigenvalue weighted by molar-refractivity contribution is 8.01. The Balaban J connectivity index is 2.58. The highest BCUT2D eigenvalue weighted by Crippen LogP contribution is 2.25. The largest absolute Gasteiger partial charge is 0.174 e. The first kappa shape index (κ1) is 8.01. The summed E-state index contributed by atoms with van der Waals surface area (Å²) < 4.78 is 1.08. The van der Waals surface area contributed by atoms with Crippen LogP contribution in [-0.2, 0) is 0 Å². The fourth-order valence-corrected chi connectivity index (χ4v) is 2.57. The second-order valence-corrected chi connectivity index (χ2v) is 5.26. The molecule has 56 valence electrons. The van der Waals surface area contributed by atoms with E-state index >= 15 is 0 Å². The molecule has 1 aromatic rings. The zero-order valence-corrected chi connectivity index (χ0v) is 7.92. The number of thioether (sulfide) groups is 1. The van der Waals surface area contributed by atoms with Gasteiger partial charge in [-0.05, 0) is 6.92 Å². The van der Waals surface area contributed by atoms with Crippen LogP contribution >= 0.6 is 23.1 Å². The molecule has 0 aromatic carbocycles. The van der Waals surface area contributed by atoms with E-state index in [0.717, 1.165) is 9.35 Å². The lowest BCUT2D eigenvalue weighted by atomic mass is 10.6. The maximum atomic E-state index is 3.99. The van der Waals surface area contributed by atoms with Crippen molar-refractivity contribution in [3.05, 3.63) is 5.01 Å². The van der Waals surface area contributed by atoms with Crippen LogP contribution in [0.1, 0.15) is 18.9 Å². The fourth-order valence-electron chi connectivity index (χ4n) is 0.528. The molecular formula is C6H10N2S2. The standard InChI is InChI=1S/C6H10N2S2/c1-4(2)9-6-8-7-5(3)10-6/h4H,1-3H3. The Labute approximate surface area is 69.1 Å². The Hall–Kier alpha value is -0.0900. The van der Waals surface area contributed by atoms with Gasteiger partial charge >= 0.3 is 0 Å². The van der Waals surface area contributed by atoms with Gasteiger partial charge in [0.25, 0.3) is 0 Å². The van der Waals surface area contributed by atoms with Gasteiger partial charge < -0.3 is 0 Å². The summed E-state index contributed by atoms with van der Waals surface area (Å²) >= 11 is 3.42. The molecule has 0 amide bonds. The Morgan fingerprint density at radius 2 is 2.10 bits per heavy atom. The van der Waals surface area contributed by atoms with E-state index in [1.807, 2.05) is 6.92 Å². The molecule has 0 aliphatic carbocycles. The fraction of sp³-hybridized carbons (Fsp3) is 0.667. The summed E-state index contributed by atoms with van der Waals surface area (Å²) in [7, 11) is 0. The predicted molar refractivity (Wildman–Crippen MR) is 45.6 cm³/mol. The molecule has 0 saturated carbocycles. The van der Waals surface area contributed by atoms with Crippen LogP contribution in [0.15, 0.2) is 4.34 Å². The summed E-state index contributed by atoms with van der Waals surface area (Å²) in [5, 5.41) is 9.55. The van der Waals surface area contributed by atoms with E-state index in [0.29, 0.717) is 5.25 Å². The van der Waals surface area contributed by atoms with Crippen LogP contribution < -0.4 is 0 Å². The average molecular weight is 174 g/mol. The molecule has 10 heavy (non-hydrogen) atoms. The van der Waals surface area contributed by atoms with Crippen molar-refractivity contribution >= 4 is 23.1 Å². The van der Waals surface area contributed by atoms with Crippen molar-refractivity contribution in [2.75, 3.05) is 0 Å². The summed E-state index contributed by atoms with van der Waals surface area (Å²) in [6.07, 6.45) is 0. The van der Waals surface area contributed by atoms with E-state index in [4.69, 9.17) is 0 Å². The maximum Gasteiger partial charge on any atom is 0.174 e. The van der Waals surface area contributed by atoms with E-state index in [9.17, 15) is 0 Å². The number of hydrogen-bond donors (Lipinski definition) is 0. The molecule has 0 unspecified atom stereocenters. The molecule has 0 saturated heterocycles. The molecule has 0 N–H and O–H groups in total. The molecule has 0 bridgehead atoms. The van der Waals surface area contributed by atoms with E-state index < -0.39 is 0 Å². The SMILES string of the molecule is Cc1nnc(SC(C)C)s1. The van der Waals surface area contributed by atoms with Gasteiger partial charge in [0, 0.05) is 5.25 Å². The van der Waals surface area contributed by atoms with Gasteiger partial charge in [0.15, 0.2) is 4.34 Å². The normalized spacial score (nSPS) is 10.8. The molecule has 1 rings (SSSR count). The third-order valence-corrected chi connectivity index (χ3v) is 2.77. The molecule has 0 aliphatic heterocycles. The van der Waals surface area contributed by atoms with Gasteiger partial charge in [-0.15, -0.1) is 10.2 Å². The molecular weight excluding hydrogens is 164 g/mol. The topological polar surface area (TPSA) is 25.8 Å². The van der Waals surface area contributed by atoms with Crippen LogP contribution in [0.2, 0.25) is 0 Å². The molecule has 0 atom stereocenters. The van der Waals surface area contributed by atoms with Crippen LogP contribution in [0.5, 0.6) is 0 Å². The van der Waals surface area contributed by atoms with Crippen molar-refractivity contribution in [1.29, 1.82) is 0 Å². The van der Waals surface area contributed by atoms with Gasteiger partial charge in [0.1, 0.15) is 5.01 Å². The van der Waals surface area contributed by atoms with Gasteiger partial charge in [-0.25, -0.2) is 0 Å². The Morgan fingerprint density at radius 3 is 2.50 bits per heavy atom. The van der Waals surface area contributed by atoms with Crippen molar-refractivity contribution in [3.63, 3.8) is 0 Å². The molecule has 0 aliphatic rings. The van der Waals surface area contributed by atoms with Crippen molar-refractivity contribution in [3.8, 4) is 0 Å². The van der Waals surface area contributed by atoms with Crippen molar-refractivity contribution in [2.24, 2.45) is 0 Å². The minimum absolute atomic E-state index is 0.604. The number of hydrogen-bond acceptors (Lipinski definition) is 4. The van der Waals surface area contributed by atoms with Crippen molar-refractivity contribution < 1.29 is 0 Å². The molecule has 2 nitrogen and oxygen atoms in total. The van der Waals surface area contributed by atoms with Crippen LogP contribution in [0, 0.1) is 6.92 Å². The highest BCUT2D eigenvalue weighted by Gasteiger charge is 2.02. The van der Waals surface area contributed by atoms with Gasteiger partial charge in [-0.1, -0.05) is 36.9 Å². The lowest BCUT2D eigenvalue weighted by Gasteiger charge is -1.96. The first-order valence-corrected chi connectivity index (χ1v) is 4.85. The first-order valence-electron chi connectivity index (χ1n) is 3.15. The number of rotatable bonds is 2. The second kappa shape index (κ2) is 3.34. The summed E-state index contributed by atoms with van der Waals surface area (Å²) in [4.78, 5) is 0. The first-order chi connectivity index (χ1) is 4.68. The number of aromatic nitrogens is 2. The summed E-state index contributed by atoms with van der Waals surface area (Å²) in [6, 6.07) is 0. The summed E-state index contributed by atoms with van der Waals surface area (Å²) in [5.74, 6) is 0.